The van der Waals surface area contributed by atoms with Crippen LogP contribution in [0.5, 0.6) is 11.5 Å². The van der Waals surface area contributed by atoms with Crippen molar-refractivity contribution in [2.45, 2.75) is 12.4 Å². The summed E-state index contributed by atoms with van der Waals surface area (Å²) in [6.07, 6.45) is -9.30. The van der Waals surface area contributed by atoms with Gasteiger partial charge >= 0.3 is 12.4 Å². The van der Waals surface area contributed by atoms with Gasteiger partial charge in [0.1, 0.15) is 11.5 Å². The first-order valence-corrected chi connectivity index (χ1v) is 14.8. The summed E-state index contributed by atoms with van der Waals surface area (Å²) < 4.78 is 82.6. The van der Waals surface area contributed by atoms with Crippen LogP contribution < -0.4 is 0 Å². The van der Waals surface area contributed by atoms with E-state index in [0.29, 0.717) is 5.56 Å². The third-order valence-corrected chi connectivity index (χ3v) is 8.47. The van der Waals surface area contributed by atoms with E-state index >= 15 is 0 Å². The van der Waals surface area contributed by atoms with Crippen LogP contribution in [0.4, 0.5) is 26.3 Å². The van der Waals surface area contributed by atoms with E-state index in [2.05, 4.69) is 0 Å². The van der Waals surface area contributed by atoms with Crippen molar-refractivity contribution < 1.29 is 36.6 Å². The van der Waals surface area contributed by atoms with Crippen molar-refractivity contribution in [3.05, 3.63) is 145 Å². The molecule has 0 bridgehead atoms. The Morgan fingerprint density at radius 1 is 0.396 bits per heavy atom. The number of phenols is 2. The number of halogens is 6. The third kappa shape index (κ3) is 5.59. The van der Waals surface area contributed by atoms with E-state index in [9.17, 15) is 36.6 Å². The Hall–Kier alpha value is -5.76. The topological polar surface area (TPSA) is 40.5 Å². The molecule has 7 aromatic rings. The van der Waals surface area contributed by atoms with Crippen LogP contribution in [0, 0.1) is 0 Å². The van der Waals surface area contributed by atoms with Gasteiger partial charge < -0.3 is 10.2 Å². The normalized spacial score (nSPS) is 12.1. The molecule has 0 amide bonds. The summed E-state index contributed by atoms with van der Waals surface area (Å²) in [4.78, 5) is 0. The van der Waals surface area contributed by atoms with Gasteiger partial charge in [0.25, 0.3) is 0 Å². The maximum absolute atomic E-state index is 13.9. The monoisotopic (exact) mass is 650 g/mol. The number of aromatic hydroxyl groups is 2. The second kappa shape index (κ2) is 11.5. The molecule has 0 spiro atoms. The minimum Gasteiger partial charge on any atom is -0.507 e. The zero-order valence-corrected chi connectivity index (χ0v) is 24.9. The lowest BCUT2D eigenvalue weighted by molar-refractivity contribution is -0.138. The molecule has 0 heterocycles. The zero-order chi connectivity index (χ0) is 33.8. The lowest BCUT2D eigenvalue weighted by Crippen LogP contribution is -2.05. The number of hydrogen-bond donors (Lipinski definition) is 2. The number of hydrogen-bond acceptors (Lipinski definition) is 2. The second-order valence-electron chi connectivity index (χ2n) is 11.5. The molecule has 238 valence electrons. The fraction of sp³-hybridized carbons (Fsp3) is 0.0500. The largest absolute Gasteiger partial charge is 0.507 e. The van der Waals surface area contributed by atoms with Crippen molar-refractivity contribution in [3.63, 3.8) is 0 Å². The molecular formula is C40H24F6O2. The molecule has 0 unspecified atom stereocenters. The molecule has 0 fully saturated rings. The van der Waals surface area contributed by atoms with Gasteiger partial charge in [0.05, 0.1) is 11.1 Å². The van der Waals surface area contributed by atoms with Crippen LogP contribution in [-0.2, 0) is 12.4 Å². The highest BCUT2D eigenvalue weighted by molar-refractivity contribution is 6.12. The van der Waals surface area contributed by atoms with Crippen molar-refractivity contribution in [3.8, 4) is 56.0 Å². The predicted octanol–water partition coefficient (Wildman–Crippen LogP) is 12.1. The van der Waals surface area contributed by atoms with Crippen molar-refractivity contribution in [2.75, 3.05) is 0 Å². The molecule has 0 radical (unpaired) electrons. The molecule has 0 aliphatic rings. The molecule has 0 aliphatic heterocycles. The van der Waals surface area contributed by atoms with Gasteiger partial charge in [-0.05, 0) is 104 Å². The molecular weight excluding hydrogens is 626 g/mol. The molecule has 2 N–H and O–H groups in total. The summed E-state index contributed by atoms with van der Waals surface area (Å²) in [5.41, 5.74) is 2.11. The van der Waals surface area contributed by atoms with Crippen LogP contribution in [0.1, 0.15) is 11.1 Å². The summed E-state index contributed by atoms with van der Waals surface area (Å²) in [6.45, 7) is 0. The fourth-order valence-electron chi connectivity index (χ4n) is 6.18. The SMILES string of the molecule is Oc1ccc2cc(C(F)(F)F)ccc2c1-c1c(O)c(-c2cc(-c3ccccc3)cc(-c3ccccc3)c2)cc2cc(C(F)(F)F)ccc12. The Balaban J connectivity index is 1.57. The molecule has 0 saturated heterocycles. The van der Waals surface area contributed by atoms with Crippen molar-refractivity contribution >= 4 is 21.5 Å². The summed E-state index contributed by atoms with van der Waals surface area (Å²) in [6, 6.07) is 34.6. The molecule has 8 heteroatoms. The van der Waals surface area contributed by atoms with E-state index in [4.69, 9.17) is 0 Å². The van der Waals surface area contributed by atoms with Gasteiger partial charge in [-0.15, -0.1) is 0 Å². The van der Waals surface area contributed by atoms with Gasteiger partial charge in [0, 0.05) is 16.7 Å². The van der Waals surface area contributed by atoms with Crippen LogP contribution in [-0.4, -0.2) is 10.2 Å². The minimum atomic E-state index is -4.67. The Bertz CT molecular complexity index is 2270. The highest BCUT2D eigenvalue weighted by Crippen LogP contribution is 2.50. The number of phenolic OH excluding ortho intramolecular Hbond substituents is 2. The molecule has 0 aromatic heterocycles. The fourth-order valence-corrected chi connectivity index (χ4v) is 6.18. The number of alkyl halides is 6. The Labute approximate surface area is 270 Å². The first-order valence-electron chi connectivity index (χ1n) is 14.8. The third-order valence-electron chi connectivity index (χ3n) is 8.47. The summed E-state index contributed by atoms with van der Waals surface area (Å²) in [5.74, 6) is -0.715. The quantitative estimate of drug-likeness (QED) is 0.186. The minimum absolute atomic E-state index is 0.00664. The molecule has 7 aromatic carbocycles. The van der Waals surface area contributed by atoms with Gasteiger partial charge in [-0.2, -0.15) is 26.3 Å². The maximum atomic E-state index is 13.9. The highest BCUT2D eigenvalue weighted by atomic mass is 19.4. The molecule has 48 heavy (non-hydrogen) atoms. The summed E-state index contributed by atoms with van der Waals surface area (Å²) >= 11 is 0. The molecule has 0 aliphatic carbocycles. The Kier molecular flexibility index (Phi) is 7.39. The second-order valence-corrected chi connectivity index (χ2v) is 11.5. The van der Waals surface area contributed by atoms with Crippen LogP contribution in [0.3, 0.4) is 0 Å². The molecule has 0 atom stereocenters. The first-order chi connectivity index (χ1) is 22.9. The zero-order valence-electron chi connectivity index (χ0n) is 24.9. The van der Waals surface area contributed by atoms with E-state index in [1.165, 1.54) is 30.3 Å². The summed E-state index contributed by atoms with van der Waals surface area (Å²) in [7, 11) is 0. The number of fused-ring (bicyclic) bond motifs is 2. The standard InChI is InChI=1S/C40H24F6O2/c41-39(42,43)30-12-14-32-25(20-30)11-16-35(47)36(32)37-33-15-13-31(40(44,45)46)21-29(33)22-34(38(37)48)28-18-26(23-7-3-1-4-8-23)17-27(19-28)24-9-5-2-6-10-24/h1-22,47-48H. The summed E-state index contributed by atoms with van der Waals surface area (Å²) in [5, 5.41) is 23.9. The van der Waals surface area contributed by atoms with E-state index in [-0.39, 0.29) is 49.7 Å². The highest BCUT2D eigenvalue weighted by Gasteiger charge is 2.32. The van der Waals surface area contributed by atoms with E-state index < -0.39 is 23.5 Å². The van der Waals surface area contributed by atoms with E-state index in [0.717, 1.165) is 46.5 Å². The van der Waals surface area contributed by atoms with Gasteiger partial charge in [-0.25, -0.2) is 0 Å². The van der Waals surface area contributed by atoms with Crippen molar-refractivity contribution in [1.82, 2.24) is 0 Å². The lowest BCUT2D eigenvalue weighted by Gasteiger charge is -2.19. The van der Waals surface area contributed by atoms with Crippen LogP contribution in [0.25, 0.3) is 66.1 Å². The predicted molar refractivity (Wildman–Crippen MR) is 177 cm³/mol. The van der Waals surface area contributed by atoms with E-state index in [1.807, 2.05) is 78.9 Å². The van der Waals surface area contributed by atoms with Crippen molar-refractivity contribution in [1.29, 1.82) is 0 Å². The molecule has 7 rings (SSSR count). The van der Waals surface area contributed by atoms with Gasteiger partial charge in [0.15, 0.2) is 0 Å². The van der Waals surface area contributed by atoms with Gasteiger partial charge in [-0.3, -0.25) is 0 Å². The van der Waals surface area contributed by atoms with Crippen LogP contribution >= 0.6 is 0 Å². The first kappa shape index (κ1) is 30.9. The maximum Gasteiger partial charge on any atom is 0.416 e. The van der Waals surface area contributed by atoms with Gasteiger partial charge in [-0.1, -0.05) is 78.9 Å². The number of rotatable bonds is 4. The lowest BCUT2D eigenvalue weighted by atomic mass is 9.86. The number of benzene rings is 7. The average molecular weight is 651 g/mol. The Morgan fingerprint density at radius 3 is 1.40 bits per heavy atom. The van der Waals surface area contributed by atoms with Crippen LogP contribution in [0.15, 0.2) is 133 Å². The molecule has 2 nitrogen and oxygen atoms in total. The smallest absolute Gasteiger partial charge is 0.416 e. The molecule has 0 saturated carbocycles. The average Bonchev–Trinajstić information content (AvgIpc) is 3.08. The van der Waals surface area contributed by atoms with Gasteiger partial charge in [0.2, 0.25) is 0 Å². The van der Waals surface area contributed by atoms with Crippen molar-refractivity contribution in [2.24, 2.45) is 0 Å². The Morgan fingerprint density at radius 2 is 0.875 bits per heavy atom. The van der Waals surface area contributed by atoms with Crippen LogP contribution in [0.2, 0.25) is 0 Å². The van der Waals surface area contributed by atoms with E-state index in [1.54, 1.807) is 0 Å².